The number of ether oxygens (including phenoxy) is 2. The van der Waals surface area contributed by atoms with Crippen LogP contribution in [-0.2, 0) is 4.79 Å². The lowest BCUT2D eigenvalue weighted by atomic mass is 10.2. The van der Waals surface area contributed by atoms with Crippen molar-refractivity contribution in [1.82, 2.24) is 0 Å². The lowest BCUT2D eigenvalue weighted by molar-refractivity contribution is -0.118. The molecule has 0 fully saturated rings. The predicted octanol–water partition coefficient (Wildman–Crippen LogP) is 4.70. The number of benzene rings is 2. The zero-order valence-corrected chi connectivity index (χ0v) is 16.1. The van der Waals surface area contributed by atoms with Crippen molar-refractivity contribution in [3.05, 3.63) is 51.0 Å². The number of nitrogens with zero attached hydrogens (tertiary/aromatic N) is 1. The first-order chi connectivity index (χ1) is 11.9. The van der Waals surface area contributed by atoms with Crippen molar-refractivity contribution in [3.63, 3.8) is 0 Å². The van der Waals surface area contributed by atoms with E-state index in [0.717, 1.165) is 5.56 Å². The predicted molar refractivity (Wildman–Crippen MR) is 100 cm³/mol. The summed E-state index contributed by atoms with van der Waals surface area (Å²) in [6, 6.07) is 10.5. The van der Waals surface area contributed by atoms with Gasteiger partial charge in [-0.2, -0.15) is 5.26 Å². The second-order valence-corrected chi connectivity index (χ2v) is 6.42. The smallest absolute Gasteiger partial charge is 0.262 e. The molecule has 0 heterocycles. The zero-order chi connectivity index (χ0) is 18.4. The van der Waals surface area contributed by atoms with Crippen LogP contribution in [0.5, 0.6) is 11.5 Å². The molecule has 0 bridgehead atoms. The third-order valence-electron chi connectivity index (χ3n) is 3.26. The van der Waals surface area contributed by atoms with Gasteiger partial charge in [-0.25, -0.2) is 0 Å². The van der Waals surface area contributed by atoms with Gasteiger partial charge in [0, 0.05) is 16.8 Å². The number of anilines is 1. The summed E-state index contributed by atoms with van der Waals surface area (Å²) in [6.07, 6.45) is 0. The molecular weight excluding hydrogens is 408 g/mol. The van der Waals surface area contributed by atoms with E-state index >= 15 is 0 Å². The largest absolute Gasteiger partial charge is 0.490 e. The van der Waals surface area contributed by atoms with Crippen LogP contribution in [0.25, 0.3) is 0 Å². The fourth-order valence-electron chi connectivity index (χ4n) is 2.09. The van der Waals surface area contributed by atoms with E-state index in [1.807, 2.05) is 26.0 Å². The third-order valence-corrected chi connectivity index (χ3v) is 4.08. The van der Waals surface area contributed by atoms with Gasteiger partial charge in [0.15, 0.2) is 18.1 Å². The van der Waals surface area contributed by atoms with Crippen molar-refractivity contribution in [2.75, 3.05) is 18.5 Å². The van der Waals surface area contributed by atoms with Crippen molar-refractivity contribution in [3.8, 4) is 17.6 Å². The molecule has 0 aromatic heterocycles. The van der Waals surface area contributed by atoms with E-state index in [4.69, 9.17) is 26.3 Å². The van der Waals surface area contributed by atoms with Crippen LogP contribution in [0.1, 0.15) is 18.1 Å². The number of carbonyl (C=O) groups is 1. The highest BCUT2D eigenvalue weighted by Gasteiger charge is 2.14. The van der Waals surface area contributed by atoms with E-state index < -0.39 is 0 Å². The van der Waals surface area contributed by atoms with Gasteiger partial charge in [-0.1, -0.05) is 17.7 Å². The highest BCUT2D eigenvalue weighted by molar-refractivity contribution is 9.10. The summed E-state index contributed by atoms with van der Waals surface area (Å²) in [7, 11) is 0. The summed E-state index contributed by atoms with van der Waals surface area (Å²) >= 11 is 9.29. The van der Waals surface area contributed by atoms with Gasteiger partial charge < -0.3 is 14.8 Å². The number of rotatable bonds is 6. The van der Waals surface area contributed by atoms with Crippen LogP contribution < -0.4 is 14.8 Å². The lowest BCUT2D eigenvalue weighted by Gasteiger charge is -2.14. The van der Waals surface area contributed by atoms with Crippen molar-refractivity contribution in [1.29, 1.82) is 5.26 Å². The van der Waals surface area contributed by atoms with E-state index in [1.54, 1.807) is 24.3 Å². The van der Waals surface area contributed by atoms with Gasteiger partial charge in [0.25, 0.3) is 5.91 Å². The van der Waals surface area contributed by atoms with E-state index in [2.05, 4.69) is 21.2 Å². The number of hydrogen-bond acceptors (Lipinski definition) is 4. The van der Waals surface area contributed by atoms with Crippen LogP contribution >= 0.6 is 27.5 Å². The number of halogens is 2. The number of carbonyl (C=O) groups excluding carboxylic acids is 1. The monoisotopic (exact) mass is 422 g/mol. The highest BCUT2D eigenvalue weighted by atomic mass is 79.9. The summed E-state index contributed by atoms with van der Waals surface area (Å²) in [4.78, 5) is 12.2. The molecule has 0 saturated heterocycles. The Balaban J connectivity index is 2.11. The normalized spacial score (nSPS) is 10.0. The Morgan fingerprint density at radius 2 is 2.08 bits per heavy atom. The topological polar surface area (TPSA) is 71.3 Å². The minimum Gasteiger partial charge on any atom is -0.490 e. The Kier molecular flexibility index (Phi) is 6.68. The maximum atomic E-state index is 12.2. The van der Waals surface area contributed by atoms with E-state index in [0.29, 0.717) is 38.9 Å². The SMILES string of the molecule is CCOc1cc(C#N)cc(Br)c1OCC(=O)Nc1cc(Cl)ccc1C. The maximum Gasteiger partial charge on any atom is 0.262 e. The second-order valence-electron chi connectivity index (χ2n) is 5.13. The summed E-state index contributed by atoms with van der Waals surface area (Å²) in [6.45, 7) is 3.89. The quantitative estimate of drug-likeness (QED) is 0.731. The summed E-state index contributed by atoms with van der Waals surface area (Å²) < 4.78 is 11.6. The van der Waals surface area contributed by atoms with Gasteiger partial charge in [0.2, 0.25) is 0 Å². The Bertz CT molecular complexity index is 834. The van der Waals surface area contributed by atoms with Gasteiger partial charge in [-0.15, -0.1) is 0 Å². The minimum atomic E-state index is -0.330. The second kappa shape index (κ2) is 8.75. The molecule has 0 aliphatic heterocycles. The van der Waals surface area contributed by atoms with E-state index in [1.165, 1.54) is 0 Å². The Morgan fingerprint density at radius 1 is 1.32 bits per heavy atom. The molecule has 0 radical (unpaired) electrons. The minimum absolute atomic E-state index is 0.212. The molecule has 1 amide bonds. The summed E-state index contributed by atoms with van der Waals surface area (Å²) in [5.41, 5.74) is 1.96. The highest BCUT2D eigenvalue weighted by Crippen LogP contribution is 2.36. The van der Waals surface area contributed by atoms with Gasteiger partial charge in [0.1, 0.15) is 0 Å². The molecule has 7 heteroatoms. The van der Waals surface area contributed by atoms with E-state index in [9.17, 15) is 4.79 Å². The number of hydrogen-bond donors (Lipinski definition) is 1. The summed E-state index contributed by atoms with van der Waals surface area (Å²) in [5, 5.41) is 12.3. The molecule has 0 unspecified atom stereocenters. The average Bonchev–Trinajstić information content (AvgIpc) is 2.57. The van der Waals surface area contributed by atoms with Crippen LogP contribution in [-0.4, -0.2) is 19.1 Å². The molecule has 0 spiro atoms. The molecule has 1 N–H and O–H groups in total. The standard InChI is InChI=1S/C18H16BrClN2O3/c1-3-24-16-7-12(9-21)6-14(19)18(16)25-10-17(23)22-15-8-13(20)5-4-11(15)2/h4-8H,3,10H2,1-2H3,(H,22,23). The van der Waals surface area contributed by atoms with Crippen LogP contribution in [0.15, 0.2) is 34.8 Å². The molecule has 2 aromatic carbocycles. The van der Waals surface area contributed by atoms with Crippen molar-refractivity contribution in [2.45, 2.75) is 13.8 Å². The molecule has 25 heavy (non-hydrogen) atoms. The molecule has 5 nitrogen and oxygen atoms in total. The molecule has 2 rings (SSSR count). The lowest BCUT2D eigenvalue weighted by Crippen LogP contribution is -2.21. The number of nitrogens with one attached hydrogen (secondary N) is 1. The number of aryl methyl sites for hydroxylation is 1. The molecule has 130 valence electrons. The van der Waals surface area contributed by atoms with E-state index in [-0.39, 0.29) is 12.5 Å². The van der Waals surface area contributed by atoms with Crippen molar-refractivity contribution < 1.29 is 14.3 Å². The zero-order valence-electron chi connectivity index (χ0n) is 13.7. The van der Waals surface area contributed by atoms with Crippen molar-refractivity contribution >= 4 is 39.1 Å². The Labute approximate surface area is 159 Å². The fourth-order valence-corrected chi connectivity index (χ4v) is 2.82. The molecule has 0 aliphatic carbocycles. The first-order valence-electron chi connectivity index (χ1n) is 7.49. The van der Waals surface area contributed by atoms with Crippen LogP contribution in [0.2, 0.25) is 5.02 Å². The maximum absolute atomic E-state index is 12.2. The number of nitriles is 1. The van der Waals surface area contributed by atoms with Gasteiger partial charge in [-0.05, 0) is 53.5 Å². The first-order valence-corrected chi connectivity index (χ1v) is 8.67. The fraction of sp³-hybridized carbons (Fsp3) is 0.222. The molecule has 0 atom stereocenters. The third kappa shape index (κ3) is 5.12. The number of amides is 1. The Morgan fingerprint density at radius 3 is 2.76 bits per heavy atom. The average molecular weight is 424 g/mol. The molecule has 2 aromatic rings. The summed E-state index contributed by atoms with van der Waals surface area (Å²) in [5.74, 6) is 0.447. The van der Waals surface area contributed by atoms with Gasteiger partial charge in [-0.3, -0.25) is 4.79 Å². The van der Waals surface area contributed by atoms with Crippen LogP contribution in [0.4, 0.5) is 5.69 Å². The van der Waals surface area contributed by atoms with Crippen molar-refractivity contribution in [2.24, 2.45) is 0 Å². The molecular formula is C18H16BrClN2O3. The first kappa shape index (κ1) is 19.1. The molecule has 0 saturated carbocycles. The Hall–Kier alpha value is -2.23. The van der Waals surface area contributed by atoms with Crippen LogP contribution in [0, 0.1) is 18.3 Å². The van der Waals surface area contributed by atoms with Gasteiger partial charge >= 0.3 is 0 Å². The van der Waals surface area contributed by atoms with Gasteiger partial charge in [0.05, 0.1) is 22.7 Å². The molecule has 0 aliphatic rings. The van der Waals surface area contributed by atoms with Crippen LogP contribution in [0.3, 0.4) is 0 Å².